The molecule has 0 fully saturated rings. The summed E-state index contributed by atoms with van der Waals surface area (Å²) in [6.07, 6.45) is 4.27. The summed E-state index contributed by atoms with van der Waals surface area (Å²) in [4.78, 5) is 35.9. The third kappa shape index (κ3) is 4.39. The summed E-state index contributed by atoms with van der Waals surface area (Å²) >= 11 is 0. The minimum Gasteiger partial charge on any atom is -0.482 e. The Morgan fingerprint density at radius 3 is 2.82 bits per heavy atom. The van der Waals surface area contributed by atoms with Crippen LogP contribution in [0.4, 0.5) is 11.4 Å². The Morgan fingerprint density at radius 2 is 2.00 bits per heavy atom. The van der Waals surface area contributed by atoms with E-state index in [0.29, 0.717) is 17.0 Å². The van der Waals surface area contributed by atoms with Gasteiger partial charge in [-0.25, -0.2) is 5.43 Å². The monoisotopic (exact) mass is 380 g/mol. The number of carbonyl (C=O) groups is 2. The van der Waals surface area contributed by atoms with Crippen LogP contribution in [0.1, 0.15) is 5.56 Å². The number of benzene rings is 2. The summed E-state index contributed by atoms with van der Waals surface area (Å²) in [7, 11) is 0. The molecule has 2 aromatic carbocycles. The molecule has 1 N–H and O–H groups in total. The quantitative estimate of drug-likeness (QED) is 0.468. The molecule has 1 heterocycles. The summed E-state index contributed by atoms with van der Waals surface area (Å²) in [6, 6.07) is 13.2. The lowest BCUT2D eigenvalue weighted by Gasteiger charge is -2.28. The first-order valence-corrected chi connectivity index (χ1v) is 8.30. The van der Waals surface area contributed by atoms with Gasteiger partial charge in [0.25, 0.3) is 17.5 Å². The largest absolute Gasteiger partial charge is 0.482 e. The highest BCUT2D eigenvalue weighted by Crippen LogP contribution is 2.31. The maximum atomic E-state index is 12.1. The number of hydrogen-bond acceptors (Lipinski definition) is 6. The number of nitro benzene ring substituents is 1. The van der Waals surface area contributed by atoms with Crippen molar-refractivity contribution >= 4 is 35.5 Å². The van der Waals surface area contributed by atoms with E-state index >= 15 is 0 Å². The van der Waals surface area contributed by atoms with Crippen LogP contribution >= 0.6 is 0 Å². The van der Waals surface area contributed by atoms with Crippen molar-refractivity contribution < 1.29 is 19.2 Å². The van der Waals surface area contributed by atoms with Crippen LogP contribution in [0.15, 0.2) is 59.7 Å². The number of nitrogens with zero attached hydrogens (tertiary/aromatic N) is 3. The van der Waals surface area contributed by atoms with Crippen molar-refractivity contribution in [1.82, 2.24) is 5.43 Å². The highest BCUT2D eigenvalue weighted by Gasteiger charge is 2.26. The second kappa shape index (κ2) is 8.58. The van der Waals surface area contributed by atoms with Gasteiger partial charge in [-0.1, -0.05) is 24.3 Å². The average Bonchev–Trinajstić information content (AvgIpc) is 2.70. The number of anilines is 1. The standard InChI is InChI=1S/C19H16N4O5/c24-18(12-22-16-9-3-4-10-17(16)28-13-19(22)25)21-20-11-5-7-14-6-1-2-8-15(14)23(26)27/h1-11H,12-13H2,(H,21,24)/b7-5+,20-11-. The predicted molar refractivity (Wildman–Crippen MR) is 103 cm³/mol. The van der Waals surface area contributed by atoms with Crippen molar-refractivity contribution in [2.45, 2.75) is 0 Å². The van der Waals surface area contributed by atoms with E-state index in [1.165, 1.54) is 29.3 Å². The molecule has 0 radical (unpaired) electrons. The molecule has 28 heavy (non-hydrogen) atoms. The number of amides is 2. The molecule has 9 nitrogen and oxygen atoms in total. The topological polar surface area (TPSA) is 114 Å². The first kappa shape index (κ1) is 18.8. The Morgan fingerprint density at radius 1 is 1.25 bits per heavy atom. The highest BCUT2D eigenvalue weighted by atomic mass is 16.6. The molecule has 0 bridgehead atoms. The van der Waals surface area contributed by atoms with Crippen molar-refractivity contribution in [3.05, 3.63) is 70.3 Å². The third-order valence-electron chi connectivity index (χ3n) is 3.87. The van der Waals surface area contributed by atoms with Crippen LogP contribution in [-0.2, 0) is 9.59 Å². The lowest BCUT2D eigenvalue weighted by molar-refractivity contribution is -0.385. The lowest BCUT2D eigenvalue weighted by atomic mass is 10.2. The van der Waals surface area contributed by atoms with E-state index in [1.807, 2.05) is 0 Å². The van der Waals surface area contributed by atoms with Gasteiger partial charge in [-0.3, -0.25) is 24.6 Å². The van der Waals surface area contributed by atoms with Crippen LogP contribution in [-0.4, -0.2) is 36.1 Å². The van der Waals surface area contributed by atoms with Gasteiger partial charge < -0.3 is 4.74 Å². The van der Waals surface area contributed by atoms with Crippen LogP contribution in [0.25, 0.3) is 6.08 Å². The van der Waals surface area contributed by atoms with Crippen LogP contribution in [0.2, 0.25) is 0 Å². The number of hydrogen-bond donors (Lipinski definition) is 1. The summed E-state index contributed by atoms with van der Waals surface area (Å²) in [5, 5.41) is 14.7. The summed E-state index contributed by atoms with van der Waals surface area (Å²) in [5.74, 6) is -0.278. The number of allylic oxidation sites excluding steroid dienone is 1. The molecule has 0 spiro atoms. The molecule has 0 aromatic heterocycles. The number of fused-ring (bicyclic) bond motifs is 1. The van der Waals surface area contributed by atoms with E-state index in [4.69, 9.17) is 4.74 Å². The zero-order valence-corrected chi connectivity index (χ0v) is 14.6. The van der Waals surface area contributed by atoms with Crippen LogP contribution in [0.5, 0.6) is 5.75 Å². The highest BCUT2D eigenvalue weighted by molar-refractivity contribution is 6.02. The summed E-state index contributed by atoms with van der Waals surface area (Å²) in [6.45, 7) is -0.337. The van der Waals surface area contributed by atoms with Crippen LogP contribution in [0.3, 0.4) is 0 Å². The lowest BCUT2D eigenvalue weighted by Crippen LogP contribution is -2.44. The molecule has 0 aliphatic carbocycles. The maximum Gasteiger partial charge on any atom is 0.276 e. The molecule has 2 aromatic rings. The average molecular weight is 380 g/mol. The summed E-state index contributed by atoms with van der Waals surface area (Å²) < 4.78 is 5.32. The minimum absolute atomic E-state index is 0.0271. The molecule has 0 unspecified atom stereocenters. The first-order valence-electron chi connectivity index (χ1n) is 8.30. The van der Waals surface area contributed by atoms with Crippen LogP contribution in [0, 0.1) is 10.1 Å². The van der Waals surface area contributed by atoms with E-state index in [9.17, 15) is 19.7 Å². The Hall–Kier alpha value is -4.01. The SMILES string of the molecule is O=C(CN1C(=O)COc2ccccc21)N/N=C\C=C\c1ccccc1[N+](=O)[O-]. The van der Waals surface area contributed by atoms with Gasteiger partial charge in [0.2, 0.25) is 0 Å². The molecular weight excluding hydrogens is 364 g/mol. The van der Waals surface area contributed by atoms with Crippen molar-refractivity contribution in [2.75, 3.05) is 18.1 Å². The van der Waals surface area contributed by atoms with Gasteiger partial charge in [-0.05, 0) is 30.4 Å². The van der Waals surface area contributed by atoms with Crippen molar-refractivity contribution in [3.63, 3.8) is 0 Å². The third-order valence-corrected chi connectivity index (χ3v) is 3.87. The first-order chi connectivity index (χ1) is 13.6. The van der Waals surface area contributed by atoms with Gasteiger partial charge in [0.05, 0.1) is 16.2 Å². The van der Waals surface area contributed by atoms with Gasteiger partial charge >= 0.3 is 0 Å². The Balaban J connectivity index is 1.58. The zero-order chi connectivity index (χ0) is 19.9. The molecule has 2 amide bonds. The fourth-order valence-corrected chi connectivity index (χ4v) is 2.60. The minimum atomic E-state index is -0.486. The Kier molecular flexibility index (Phi) is 5.75. The van der Waals surface area contributed by atoms with Crippen molar-refractivity contribution in [3.8, 4) is 5.75 Å². The van der Waals surface area contributed by atoms with E-state index in [2.05, 4.69) is 10.5 Å². The Labute approximate surface area is 160 Å². The van der Waals surface area contributed by atoms with Crippen molar-refractivity contribution in [1.29, 1.82) is 0 Å². The fourth-order valence-electron chi connectivity index (χ4n) is 2.60. The van der Waals surface area contributed by atoms with Gasteiger partial charge in [0.15, 0.2) is 6.61 Å². The molecule has 9 heteroatoms. The maximum absolute atomic E-state index is 12.1. The number of hydrazone groups is 1. The summed E-state index contributed by atoms with van der Waals surface area (Å²) in [5.41, 5.74) is 3.23. The van der Waals surface area contributed by atoms with Gasteiger partial charge in [0, 0.05) is 12.3 Å². The number of ether oxygens (including phenoxy) is 1. The smallest absolute Gasteiger partial charge is 0.276 e. The molecule has 1 aliphatic heterocycles. The van der Waals surface area contributed by atoms with E-state index in [0.717, 1.165) is 0 Å². The zero-order valence-electron chi connectivity index (χ0n) is 14.6. The molecule has 0 saturated carbocycles. The normalized spacial score (nSPS) is 13.4. The number of nitro groups is 1. The number of nitrogens with one attached hydrogen (secondary N) is 1. The molecule has 0 atom stereocenters. The van der Waals surface area contributed by atoms with Gasteiger partial charge in [-0.2, -0.15) is 5.10 Å². The number of para-hydroxylation sites is 3. The number of carbonyl (C=O) groups excluding carboxylic acids is 2. The fraction of sp³-hybridized carbons (Fsp3) is 0.105. The van der Waals surface area contributed by atoms with E-state index in [1.54, 1.807) is 42.5 Å². The molecular formula is C19H16N4O5. The second-order valence-corrected chi connectivity index (χ2v) is 5.72. The molecule has 3 rings (SSSR count). The number of rotatable bonds is 6. The van der Waals surface area contributed by atoms with Crippen LogP contribution < -0.4 is 15.1 Å². The molecule has 1 aliphatic rings. The van der Waals surface area contributed by atoms with Crippen molar-refractivity contribution in [2.24, 2.45) is 5.10 Å². The predicted octanol–water partition coefficient (Wildman–Crippen LogP) is 2.14. The second-order valence-electron chi connectivity index (χ2n) is 5.72. The Bertz CT molecular complexity index is 970. The molecule has 142 valence electrons. The molecule has 0 saturated heterocycles. The van der Waals surface area contributed by atoms with E-state index in [-0.39, 0.29) is 24.7 Å². The van der Waals surface area contributed by atoms with Gasteiger partial charge in [0.1, 0.15) is 12.3 Å². The van der Waals surface area contributed by atoms with E-state index < -0.39 is 10.8 Å². The van der Waals surface area contributed by atoms with Gasteiger partial charge in [-0.15, -0.1) is 0 Å².